The summed E-state index contributed by atoms with van der Waals surface area (Å²) in [5.74, 6) is -0.345. The van der Waals surface area contributed by atoms with Crippen LogP contribution in [0.5, 0.6) is 0 Å². The van der Waals surface area contributed by atoms with E-state index in [0.29, 0.717) is 0 Å². The maximum absolute atomic E-state index is 12.0. The van der Waals surface area contributed by atoms with Gasteiger partial charge in [0.1, 0.15) is 6.04 Å². The second kappa shape index (κ2) is 9.96. The lowest BCUT2D eigenvalue weighted by atomic mass is 10.0. The number of quaternary nitrogens is 1. The van der Waals surface area contributed by atoms with Gasteiger partial charge in [0.15, 0.2) is 6.54 Å². The molecule has 0 aliphatic heterocycles. The Labute approximate surface area is 152 Å². The highest BCUT2D eigenvalue weighted by atomic mass is 32.1. The lowest BCUT2D eigenvalue weighted by Crippen LogP contribution is -2.87. The van der Waals surface area contributed by atoms with E-state index >= 15 is 0 Å². The molecule has 25 heavy (non-hydrogen) atoms. The fourth-order valence-corrected chi connectivity index (χ4v) is 3.48. The Hall–Kier alpha value is -2.18. The van der Waals surface area contributed by atoms with Crippen LogP contribution in [-0.2, 0) is 16.0 Å². The quantitative estimate of drug-likeness (QED) is 0.629. The molecule has 0 aliphatic carbocycles. The van der Waals surface area contributed by atoms with Gasteiger partial charge in [-0.2, -0.15) is 0 Å². The van der Waals surface area contributed by atoms with Crippen LogP contribution in [-0.4, -0.2) is 32.0 Å². The molecule has 2 amide bonds. The zero-order valence-electron chi connectivity index (χ0n) is 14.7. The van der Waals surface area contributed by atoms with E-state index in [2.05, 4.69) is 47.9 Å². The van der Waals surface area contributed by atoms with E-state index in [1.165, 1.54) is 16.0 Å². The zero-order chi connectivity index (χ0) is 18.1. The number of hydrogen-bond donors (Lipinski definition) is 3. The fourth-order valence-electron chi connectivity index (χ4n) is 2.63. The Balaban J connectivity index is 2.02. The van der Waals surface area contributed by atoms with E-state index in [9.17, 15) is 9.59 Å². The Morgan fingerprint density at radius 3 is 2.52 bits per heavy atom. The molecule has 6 heteroatoms. The van der Waals surface area contributed by atoms with Crippen LogP contribution in [0.4, 0.5) is 0 Å². The van der Waals surface area contributed by atoms with Gasteiger partial charge in [0.25, 0.3) is 5.91 Å². The molecule has 5 nitrogen and oxygen atoms in total. The molecule has 1 heterocycles. The van der Waals surface area contributed by atoms with Crippen LogP contribution in [0.2, 0.25) is 0 Å². The number of benzene rings is 1. The molecule has 0 bridgehead atoms. The smallest absolute Gasteiger partial charge is 0.275 e. The van der Waals surface area contributed by atoms with Crippen LogP contribution < -0.4 is 16.0 Å². The Morgan fingerprint density at radius 1 is 1.16 bits per heavy atom. The average molecular weight is 361 g/mol. The molecular formula is C19H26N3O2S+. The lowest BCUT2D eigenvalue weighted by Gasteiger charge is -2.15. The first-order chi connectivity index (χ1) is 12.1. The molecule has 1 aromatic carbocycles. The van der Waals surface area contributed by atoms with Crippen LogP contribution in [0.3, 0.4) is 0 Å². The summed E-state index contributed by atoms with van der Waals surface area (Å²) in [7, 11) is 1.55. The first-order valence-corrected chi connectivity index (χ1v) is 9.44. The number of thiophene rings is 1. The van der Waals surface area contributed by atoms with Crippen molar-refractivity contribution in [2.45, 2.75) is 25.8 Å². The topological polar surface area (TPSA) is 74.8 Å². The number of aryl methyl sites for hydroxylation is 1. The van der Waals surface area contributed by atoms with Crippen LogP contribution in [0.25, 0.3) is 0 Å². The molecule has 4 N–H and O–H groups in total. The van der Waals surface area contributed by atoms with Crippen molar-refractivity contribution in [2.75, 3.05) is 20.1 Å². The molecule has 1 aromatic heterocycles. The summed E-state index contributed by atoms with van der Waals surface area (Å²) in [5.41, 5.74) is 2.51. The summed E-state index contributed by atoms with van der Waals surface area (Å²) in [4.78, 5) is 24.4. The van der Waals surface area contributed by atoms with Crippen molar-refractivity contribution < 1.29 is 14.9 Å². The van der Waals surface area contributed by atoms with Gasteiger partial charge in [0, 0.05) is 12.6 Å². The number of rotatable bonds is 9. The van der Waals surface area contributed by atoms with Gasteiger partial charge in [-0.15, -0.1) is 11.3 Å². The zero-order valence-corrected chi connectivity index (χ0v) is 15.6. The molecule has 0 radical (unpaired) electrons. The maximum Gasteiger partial charge on any atom is 0.275 e. The first-order valence-electron chi connectivity index (χ1n) is 8.57. The third-order valence-corrected chi connectivity index (χ3v) is 4.95. The van der Waals surface area contributed by atoms with Gasteiger partial charge in [0.2, 0.25) is 5.91 Å². The van der Waals surface area contributed by atoms with Crippen molar-refractivity contribution >= 4 is 23.2 Å². The van der Waals surface area contributed by atoms with Crippen LogP contribution in [0.1, 0.15) is 35.4 Å². The van der Waals surface area contributed by atoms with Gasteiger partial charge in [-0.05, 0) is 23.4 Å². The van der Waals surface area contributed by atoms with Crippen molar-refractivity contribution in [3.63, 3.8) is 0 Å². The second-order valence-electron chi connectivity index (χ2n) is 5.87. The van der Waals surface area contributed by atoms with Gasteiger partial charge >= 0.3 is 0 Å². The van der Waals surface area contributed by atoms with Crippen LogP contribution in [0, 0.1) is 0 Å². The van der Waals surface area contributed by atoms with Gasteiger partial charge < -0.3 is 16.0 Å². The fraction of sp³-hybridized carbons (Fsp3) is 0.368. The van der Waals surface area contributed by atoms with E-state index in [4.69, 9.17) is 0 Å². The van der Waals surface area contributed by atoms with E-state index < -0.39 is 0 Å². The number of nitrogens with one attached hydrogen (secondary N) is 2. The number of hydrogen-bond acceptors (Lipinski definition) is 3. The maximum atomic E-state index is 12.0. The first kappa shape index (κ1) is 19.1. The molecule has 0 unspecified atom stereocenters. The Kier molecular flexibility index (Phi) is 7.63. The van der Waals surface area contributed by atoms with Gasteiger partial charge in [-0.25, -0.2) is 0 Å². The van der Waals surface area contributed by atoms with Crippen molar-refractivity contribution in [2.24, 2.45) is 0 Å². The van der Waals surface area contributed by atoms with Gasteiger partial charge in [-0.3, -0.25) is 9.59 Å². The van der Waals surface area contributed by atoms with Crippen LogP contribution in [0.15, 0.2) is 41.8 Å². The van der Waals surface area contributed by atoms with Gasteiger partial charge in [-0.1, -0.05) is 43.7 Å². The second-order valence-corrected chi connectivity index (χ2v) is 6.85. The van der Waals surface area contributed by atoms with Gasteiger partial charge in [0.05, 0.1) is 11.4 Å². The molecule has 0 fully saturated rings. The van der Waals surface area contributed by atoms with E-state index in [0.717, 1.165) is 12.8 Å². The lowest BCUT2D eigenvalue weighted by molar-refractivity contribution is -0.676. The average Bonchev–Trinajstić information content (AvgIpc) is 3.15. The predicted molar refractivity (Wildman–Crippen MR) is 100 cm³/mol. The molecule has 0 saturated heterocycles. The van der Waals surface area contributed by atoms with Crippen molar-refractivity contribution in [1.29, 1.82) is 0 Å². The highest BCUT2D eigenvalue weighted by Gasteiger charge is 2.20. The monoisotopic (exact) mass is 360 g/mol. The number of amides is 2. The third-order valence-electron chi connectivity index (χ3n) is 3.99. The number of carbonyl (C=O) groups is 2. The van der Waals surface area contributed by atoms with Crippen molar-refractivity contribution in [3.05, 3.63) is 57.8 Å². The largest absolute Gasteiger partial charge is 0.358 e. The minimum absolute atomic E-state index is 0.0125. The van der Waals surface area contributed by atoms with E-state index in [1.54, 1.807) is 18.4 Å². The summed E-state index contributed by atoms with van der Waals surface area (Å²) in [6, 6.07) is 12.8. The molecular weight excluding hydrogens is 334 g/mol. The molecule has 2 aromatic rings. The minimum atomic E-state index is -0.199. The standard InChI is InChI=1S/C19H25N3O2S/c1-3-5-14-7-9-15(10-8-14)19(16-6-4-11-25-16)22-13-18(24)21-12-17(23)20-2/h4,6-11,19,22H,3,5,12-13H2,1-2H3,(H,20,23)(H,21,24)/p+1/t19-/m1/s1. The normalized spacial score (nSPS) is 11.8. The third kappa shape index (κ3) is 5.99. The number of carbonyl (C=O) groups excluding carboxylic acids is 2. The summed E-state index contributed by atoms with van der Waals surface area (Å²) in [6.07, 6.45) is 2.21. The molecule has 134 valence electrons. The van der Waals surface area contributed by atoms with E-state index in [-0.39, 0.29) is 30.9 Å². The molecule has 2 rings (SSSR count). The molecule has 0 spiro atoms. The minimum Gasteiger partial charge on any atom is -0.358 e. The molecule has 0 aliphatic rings. The molecule has 1 atom stereocenters. The van der Waals surface area contributed by atoms with Crippen LogP contribution >= 0.6 is 11.3 Å². The van der Waals surface area contributed by atoms with Crippen molar-refractivity contribution in [1.82, 2.24) is 10.6 Å². The predicted octanol–water partition coefficient (Wildman–Crippen LogP) is 1.22. The number of likely N-dealkylation sites (N-methyl/N-ethyl adjacent to an activating group) is 1. The van der Waals surface area contributed by atoms with Crippen molar-refractivity contribution in [3.8, 4) is 0 Å². The highest BCUT2D eigenvalue weighted by molar-refractivity contribution is 7.10. The summed E-state index contributed by atoms with van der Waals surface area (Å²) in [6.45, 7) is 2.46. The molecule has 0 saturated carbocycles. The Bertz CT molecular complexity index is 668. The number of nitrogens with two attached hydrogens (primary N) is 1. The highest BCUT2D eigenvalue weighted by Crippen LogP contribution is 2.23. The summed E-state index contributed by atoms with van der Waals surface area (Å²) in [5, 5.41) is 9.18. The van der Waals surface area contributed by atoms with E-state index in [1.807, 2.05) is 16.8 Å². The Morgan fingerprint density at radius 2 is 1.92 bits per heavy atom. The SMILES string of the molecule is CCCc1ccc([C@@H]([NH2+]CC(=O)NCC(=O)NC)c2cccs2)cc1. The summed E-state index contributed by atoms with van der Waals surface area (Å²) >= 11 is 1.69. The summed E-state index contributed by atoms with van der Waals surface area (Å²) < 4.78 is 0.